The molecule has 1 atom stereocenters. The standard InChI is InChI=1S/C13H19Cl2NOS/c1-10(2)9-16-6-3-7-18(17)13-8-11(14)4-5-12(13)15/h4-5,8,10,16H,3,6-7,9H2,1-2H3. The summed E-state index contributed by atoms with van der Waals surface area (Å²) in [4.78, 5) is 0.632. The molecule has 0 saturated heterocycles. The summed E-state index contributed by atoms with van der Waals surface area (Å²) in [7, 11) is -1.08. The van der Waals surface area contributed by atoms with Crippen LogP contribution in [0.5, 0.6) is 0 Å². The predicted molar refractivity (Wildman–Crippen MR) is 80.1 cm³/mol. The van der Waals surface area contributed by atoms with Gasteiger partial charge in [0.05, 0.1) is 20.7 Å². The van der Waals surface area contributed by atoms with Gasteiger partial charge in [-0.25, -0.2) is 0 Å². The lowest BCUT2D eigenvalue weighted by Crippen LogP contribution is -2.21. The average molecular weight is 308 g/mol. The lowest BCUT2D eigenvalue weighted by atomic mass is 10.2. The van der Waals surface area contributed by atoms with E-state index in [1.165, 1.54) is 0 Å². The molecule has 0 heterocycles. The molecule has 1 N–H and O–H groups in total. The van der Waals surface area contributed by atoms with Crippen LogP contribution in [0.25, 0.3) is 0 Å². The van der Waals surface area contributed by atoms with E-state index in [1.807, 2.05) is 0 Å². The van der Waals surface area contributed by atoms with Gasteiger partial charge >= 0.3 is 0 Å². The summed E-state index contributed by atoms with van der Waals surface area (Å²) in [6.45, 7) is 6.19. The van der Waals surface area contributed by atoms with Gasteiger partial charge in [0, 0.05) is 10.8 Å². The van der Waals surface area contributed by atoms with Crippen LogP contribution in [0.15, 0.2) is 23.1 Å². The van der Waals surface area contributed by atoms with Crippen molar-refractivity contribution >= 4 is 34.0 Å². The minimum atomic E-state index is -1.08. The molecule has 0 bridgehead atoms. The highest BCUT2D eigenvalue weighted by molar-refractivity contribution is 7.85. The minimum absolute atomic E-state index is 0.521. The summed E-state index contributed by atoms with van der Waals surface area (Å²) in [5.41, 5.74) is 0. The van der Waals surface area contributed by atoms with E-state index in [1.54, 1.807) is 18.2 Å². The predicted octanol–water partition coefficient (Wildman–Crippen LogP) is 3.74. The third-order valence-corrected chi connectivity index (χ3v) is 4.54. The number of rotatable bonds is 7. The van der Waals surface area contributed by atoms with Crippen molar-refractivity contribution in [3.63, 3.8) is 0 Å². The molecular formula is C13H19Cl2NOS. The fourth-order valence-corrected chi connectivity index (χ4v) is 3.26. The molecule has 0 aliphatic rings. The van der Waals surface area contributed by atoms with E-state index in [0.29, 0.717) is 26.6 Å². The molecule has 0 amide bonds. The molecule has 0 spiro atoms. The zero-order valence-electron chi connectivity index (χ0n) is 10.7. The second-order valence-corrected chi connectivity index (χ2v) is 6.96. The molecule has 0 radical (unpaired) electrons. The highest BCUT2D eigenvalue weighted by Crippen LogP contribution is 2.24. The van der Waals surface area contributed by atoms with Crippen molar-refractivity contribution in [2.75, 3.05) is 18.8 Å². The third kappa shape index (κ3) is 5.70. The van der Waals surface area contributed by atoms with Gasteiger partial charge in [0.15, 0.2) is 0 Å². The molecule has 0 saturated carbocycles. The summed E-state index contributed by atoms with van der Waals surface area (Å²) in [5, 5.41) is 4.42. The molecule has 0 aliphatic heterocycles. The molecule has 2 nitrogen and oxygen atoms in total. The Balaban J connectivity index is 2.39. The van der Waals surface area contributed by atoms with Gasteiger partial charge in [-0.1, -0.05) is 37.0 Å². The molecular weight excluding hydrogens is 289 g/mol. The maximum absolute atomic E-state index is 12.1. The van der Waals surface area contributed by atoms with Crippen molar-refractivity contribution in [2.45, 2.75) is 25.2 Å². The van der Waals surface area contributed by atoms with Gasteiger partial charge in [-0.2, -0.15) is 0 Å². The minimum Gasteiger partial charge on any atom is -0.316 e. The third-order valence-electron chi connectivity index (χ3n) is 2.37. The van der Waals surface area contributed by atoms with Crippen molar-refractivity contribution in [1.82, 2.24) is 5.32 Å². The molecule has 5 heteroatoms. The summed E-state index contributed by atoms with van der Waals surface area (Å²) < 4.78 is 12.1. The van der Waals surface area contributed by atoms with E-state index in [9.17, 15) is 4.21 Å². The van der Waals surface area contributed by atoms with Crippen LogP contribution >= 0.6 is 23.2 Å². The Morgan fingerprint density at radius 1 is 1.33 bits per heavy atom. The van der Waals surface area contributed by atoms with Crippen LogP contribution in [0.4, 0.5) is 0 Å². The number of hydrogen-bond acceptors (Lipinski definition) is 2. The lowest BCUT2D eigenvalue weighted by Gasteiger charge is -2.08. The van der Waals surface area contributed by atoms with Crippen molar-refractivity contribution in [3.8, 4) is 0 Å². The van der Waals surface area contributed by atoms with Crippen LogP contribution in [0.1, 0.15) is 20.3 Å². The fraction of sp³-hybridized carbons (Fsp3) is 0.538. The SMILES string of the molecule is CC(C)CNCCCS(=O)c1cc(Cl)ccc1Cl. The van der Waals surface area contributed by atoms with E-state index in [4.69, 9.17) is 23.2 Å². The van der Waals surface area contributed by atoms with Crippen LogP contribution < -0.4 is 5.32 Å². The molecule has 1 rings (SSSR count). The maximum Gasteiger partial charge on any atom is 0.0589 e. The van der Waals surface area contributed by atoms with Crippen LogP contribution in [-0.4, -0.2) is 23.1 Å². The van der Waals surface area contributed by atoms with E-state index in [2.05, 4.69) is 19.2 Å². The van der Waals surface area contributed by atoms with Gasteiger partial charge in [-0.05, 0) is 43.6 Å². The van der Waals surface area contributed by atoms with Crippen LogP contribution in [0, 0.1) is 5.92 Å². The number of halogens is 2. The second kappa shape index (κ2) is 8.16. The topological polar surface area (TPSA) is 29.1 Å². The molecule has 0 aliphatic carbocycles. The monoisotopic (exact) mass is 307 g/mol. The number of nitrogens with one attached hydrogen (secondary N) is 1. The summed E-state index contributed by atoms with van der Waals surface area (Å²) in [6.07, 6.45) is 0.863. The molecule has 18 heavy (non-hydrogen) atoms. The Hall–Kier alpha value is -0.0900. The normalized spacial score (nSPS) is 12.9. The molecule has 0 fully saturated rings. The van der Waals surface area contributed by atoms with Gasteiger partial charge in [0.25, 0.3) is 0 Å². The van der Waals surface area contributed by atoms with Gasteiger partial charge in [0.1, 0.15) is 0 Å². The van der Waals surface area contributed by atoms with E-state index < -0.39 is 10.8 Å². The zero-order valence-corrected chi connectivity index (χ0v) is 13.0. The zero-order chi connectivity index (χ0) is 13.5. The maximum atomic E-state index is 12.1. The number of benzene rings is 1. The summed E-state index contributed by atoms with van der Waals surface area (Å²) in [6, 6.07) is 5.07. The van der Waals surface area contributed by atoms with Gasteiger partial charge in [-0.3, -0.25) is 4.21 Å². The number of hydrogen-bond donors (Lipinski definition) is 1. The highest BCUT2D eigenvalue weighted by atomic mass is 35.5. The Kier molecular flexibility index (Phi) is 7.23. The van der Waals surface area contributed by atoms with E-state index >= 15 is 0 Å². The van der Waals surface area contributed by atoms with Crippen molar-refractivity contribution in [2.24, 2.45) is 5.92 Å². The molecule has 1 aromatic carbocycles. The van der Waals surface area contributed by atoms with Gasteiger partial charge in [0.2, 0.25) is 0 Å². The first-order chi connectivity index (χ1) is 8.50. The Bertz CT molecular complexity index is 410. The van der Waals surface area contributed by atoms with Crippen LogP contribution in [0.3, 0.4) is 0 Å². The highest BCUT2D eigenvalue weighted by Gasteiger charge is 2.09. The molecule has 0 aromatic heterocycles. The van der Waals surface area contributed by atoms with Crippen molar-refractivity contribution < 1.29 is 4.21 Å². The quantitative estimate of drug-likeness (QED) is 0.778. The summed E-state index contributed by atoms with van der Waals surface area (Å²) >= 11 is 11.9. The van der Waals surface area contributed by atoms with Gasteiger partial charge < -0.3 is 5.32 Å². The molecule has 102 valence electrons. The Morgan fingerprint density at radius 3 is 2.72 bits per heavy atom. The average Bonchev–Trinajstić information content (AvgIpc) is 2.31. The van der Waals surface area contributed by atoms with Crippen molar-refractivity contribution in [3.05, 3.63) is 28.2 Å². The summed E-state index contributed by atoms with van der Waals surface area (Å²) in [5.74, 6) is 1.24. The first-order valence-corrected chi connectivity index (χ1v) is 8.12. The first kappa shape index (κ1) is 16.0. The molecule has 1 aromatic rings. The van der Waals surface area contributed by atoms with Crippen LogP contribution in [0.2, 0.25) is 10.0 Å². The second-order valence-electron chi connectivity index (χ2n) is 4.58. The largest absolute Gasteiger partial charge is 0.316 e. The first-order valence-electron chi connectivity index (χ1n) is 6.05. The fourth-order valence-electron chi connectivity index (χ4n) is 1.48. The Morgan fingerprint density at radius 2 is 2.06 bits per heavy atom. The lowest BCUT2D eigenvalue weighted by molar-refractivity contribution is 0.550. The van der Waals surface area contributed by atoms with Crippen molar-refractivity contribution in [1.29, 1.82) is 0 Å². The Labute approximate surface area is 122 Å². The van der Waals surface area contributed by atoms with E-state index in [0.717, 1.165) is 19.5 Å². The van der Waals surface area contributed by atoms with Gasteiger partial charge in [-0.15, -0.1) is 0 Å². The molecule has 1 unspecified atom stereocenters. The van der Waals surface area contributed by atoms with E-state index in [-0.39, 0.29) is 0 Å². The smallest absolute Gasteiger partial charge is 0.0589 e. The van der Waals surface area contributed by atoms with Crippen LogP contribution in [-0.2, 0) is 10.8 Å².